The number of hydrogen-bond acceptors (Lipinski definition) is 2. The lowest BCUT2D eigenvalue weighted by Crippen LogP contribution is -2.55. The highest BCUT2D eigenvalue weighted by molar-refractivity contribution is 6.18. The van der Waals surface area contributed by atoms with Gasteiger partial charge in [0.15, 0.2) is 0 Å². The van der Waals surface area contributed by atoms with Crippen molar-refractivity contribution < 1.29 is 9.59 Å². The number of hydrogen-bond donors (Lipinski definition) is 4. The van der Waals surface area contributed by atoms with E-state index in [0.717, 1.165) is 0 Å². The number of alkyl halides is 2. The maximum Gasteiger partial charge on any atom is 0.315 e. The molecule has 6 nitrogen and oxygen atoms in total. The van der Waals surface area contributed by atoms with Gasteiger partial charge in [-0.1, -0.05) is 0 Å². The number of halogens is 2. The van der Waals surface area contributed by atoms with E-state index in [0.29, 0.717) is 31.4 Å². The van der Waals surface area contributed by atoms with Gasteiger partial charge in [-0.25, -0.2) is 9.59 Å². The van der Waals surface area contributed by atoms with Crippen LogP contribution in [0.25, 0.3) is 0 Å². The summed E-state index contributed by atoms with van der Waals surface area (Å²) >= 11 is 10.9. The van der Waals surface area contributed by atoms with Gasteiger partial charge in [0, 0.05) is 31.4 Å². The predicted molar refractivity (Wildman–Crippen MR) is 73.5 cm³/mol. The van der Waals surface area contributed by atoms with Crippen LogP contribution in [0.5, 0.6) is 0 Å². The molecule has 4 N–H and O–H groups in total. The second-order valence-corrected chi connectivity index (χ2v) is 5.01. The number of rotatable bonds is 7. The molecule has 4 amide bonds. The van der Waals surface area contributed by atoms with E-state index in [2.05, 4.69) is 21.3 Å². The standard InChI is InChI=1S/C10H20Cl2N4O2/c1-10(2,16-9(18)14-6-4-12)7-15-8(17)13-5-3-11/h3-7H2,1-2H3,(H2,13,15,17)(H2,14,16,18). The Balaban J connectivity index is 3.91. The first-order chi connectivity index (χ1) is 8.41. The maximum atomic E-state index is 11.4. The lowest BCUT2D eigenvalue weighted by atomic mass is 10.1. The largest absolute Gasteiger partial charge is 0.337 e. The molecule has 0 rings (SSSR count). The van der Waals surface area contributed by atoms with Gasteiger partial charge in [0.05, 0.1) is 5.54 Å². The molecule has 0 fully saturated rings. The molecular weight excluding hydrogens is 279 g/mol. The molecule has 0 heterocycles. The van der Waals surface area contributed by atoms with Crippen LogP contribution < -0.4 is 21.3 Å². The maximum absolute atomic E-state index is 11.4. The normalized spacial score (nSPS) is 10.7. The van der Waals surface area contributed by atoms with Crippen LogP contribution in [0.1, 0.15) is 13.8 Å². The minimum atomic E-state index is -0.561. The monoisotopic (exact) mass is 298 g/mol. The van der Waals surface area contributed by atoms with Gasteiger partial charge in [0.25, 0.3) is 0 Å². The molecule has 18 heavy (non-hydrogen) atoms. The molecule has 0 saturated carbocycles. The van der Waals surface area contributed by atoms with Crippen LogP contribution in [0.3, 0.4) is 0 Å². The molecule has 0 aromatic rings. The molecule has 0 aliphatic heterocycles. The van der Waals surface area contributed by atoms with Crippen LogP contribution in [0.4, 0.5) is 9.59 Å². The second-order valence-electron chi connectivity index (χ2n) is 4.25. The van der Waals surface area contributed by atoms with E-state index in [1.807, 2.05) is 0 Å². The SMILES string of the molecule is CC(C)(CNC(=O)NCCCl)NC(=O)NCCCl. The van der Waals surface area contributed by atoms with Gasteiger partial charge in [0.1, 0.15) is 0 Å². The Morgan fingerprint density at radius 3 is 1.94 bits per heavy atom. The summed E-state index contributed by atoms with van der Waals surface area (Å²) in [6, 6.07) is -0.629. The Morgan fingerprint density at radius 2 is 1.44 bits per heavy atom. The minimum absolute atomic E-state index is 0.301. The van der Waals surface area contributed by atoms with Crippen molar-refractivity contribution in [3.8, 4) is 0 Å². The van der Waals surface area contributed by atoms with Gasteiger partial charge in [-0.05, 0) is 13.8 Å². The zero-order valence-corrected chi connectivity index (χ0v) is 12.1. The Kier molecular flexibility index (Phi) is 8.66. The highest BCUT2D eigenvalue weighted by Gasteiger charge is 2.20. The highest BCUT2D eigenvalue weighted by Crippen LogP contribution is 1.99. The average molecular weight is 299 g/mol. The molecule has 0 unspecified atom stereocenters. The Morgan fingerprint density at radius 1 is 0.944 bits per heavy atom. The fourth-order valence-electron chi connectivity index (χ4n) is 1.08. The van der Waals surface area contributed by atoms with Gasteiger partial charge in [0.2, 0.25) is 0 Å². The molecule has 0 aromatic carbocycles. The number of nitrogens with one attached hydrogen (secondary N) is 4. The molecule has 0 spiro atoms. The summed E-state index contributed by atoms with van der Waals surface area (Å²) in [6.45, 7) is 4.70. The van der Waals surface area contributed by atoms with E-state index in [1.165, 1.54) is 0 Å². The zero-order valence-electron chi connectivity index (χ0n) is 10.6. The summed E-state index contributed by atoms with van der Waals surface area (Å²) < 4.78 is 0. The lowest BCUT2D eigenvalue weighted by molar-refractivity contribution is 0.224. The van der Waals surface area contributed by atoms with Crippen LogP contribution in [-0.4, -0.2) is 49.0 Å². The molecule has 0 aromatic heterocycles. The Bertz CT molecular complexity index is 275. The fourth-order valence-corrected chi connectivity index (χ4v) is 1.27. The van der Waals surface area contributed by atoms with Crippen molar-refractivity contribution in [2.24, 2.45) is 0 Å². The van der Waals surface area contributed by atoms with Crippen molar-refractivity contribution in [1.29, 1.82) is 0 Å². The molecule has 0 saturated heterocycles. The summed E-state index contributed by atoms with van der Waals surface area (Å²) in [5.74, 6) is 0.711. The van der Waals surface area contributed by atoms with Crippen LogP contribution in [0, 0.1) is 0 Å². The van der Waals surface area contributed by atoms with Crippen molar-refractivity contribution in [1.82, 2.24) is 21.3 Å². The number of carbonyl (C=O) groups excluding carboxylic acids is 2. The number of urea groups is 2. The lowest BCUT2D eigenvalue weighted by Gasteiger charge is -2.26. The Hall–Kier alpha value is -0.880. The van der Waals surface area contributed by atoms with E-state index in [1.54, 1.807) is 13.8 Å². The third-order valence-electron chi connectivity index (χ3n) is 1.90. The van der Waals surface area contributed by atoms with E-state index >= 15 is 0 Å². The van der Waals surface area contributed by atoms with E-state index < -0.39 is 5.54 Å². The number of amides is 4. The zero-order chi connectivity index (χ0) is 14.0. The van der Waals surface area contributed by atoms with Gasteiger partial charge >= 0.3 is 12.1 Å². The van der Waals surface area contributed by atoms with Crippen LogP contribution >= 0.6 is 23.2 Å². The van der Waals surface area contributed by atoms with Gasteiger partial charge in [-0.2, -0.15) is 0 Å². The van der Waals surface area contributed by atoms with Gasteiger partial charge in [-0.15, -0.1) is 23.2 Å². The third-order valence-corrected chi connectivity index (χ3v) is 2.28. The first-order valence-corrected chi connectivity index (χ1v) is 6.68. The smallest absolute Gasteiger partial charge is 0.315 e. The second kappa shape index (κ2) is 9.10. The van der Waals surface area contributed by atoms with Crippen LogP contribution in [-0.2, 0) is 0 Å². The van der Waals surface area contributed by atoms with Crippen molar-refractivity contribution >= 4 is 35.3 Å². The first kappa shape index (κ1) is 17.1. The van der Waals surface area contributed by atoms with Gasteiger partial charge in [-0.3, -0.25) is 0 Å². The predicted octanol–water partition coefficient (Wildman–Crippen LogP) is 0.841. The van der Waals surface area contributed by atoms with Crippen molar-refractivity contribution in [3.63, 3.8) is 0 Å². The van der Waals surface area contributed by atoms with Crippen LogP contribution in [0.2, 0.25) is 0 Å². The van der Waals surface area contributed by atoms with Gasteiger partial charge < -0.3 is 21.3 Å². The van der Waals surface area contributed by atoms with E-state index in [4.69, 9.17) is 23.2 Å². The molecule has 0 atom stereocenters. The first-order valence-electron chi connectivity index (χ1n) is 5.61. The topological polar surface area (TPSA) is 82.3 Å². The highest BCUT2D eigenvalue weighted by atomic mass is 35.5. The minimum Gasteiger partial charge on any atom is -0.337 e. The molecule has 106 valence electrons. The molecular formula is C10H20Cl2N4O2. The van der Waals surface area contributed by atoms with E-state index in [9.17, 15) is 9.59 Å². The molecule has 0 aliphatic rings. The van der Waals surface area contributed by atoms with Crippen molar-refractivity contribution in [2.75, 3.05) is 31.4 Å². The van der Waals surface area contributed by atoms with Crippen molar-refractivity contribution in [3.05, 3.63) is 0 Å². The third kappa shape index (κ3) is 9.18. The van der Waals surface area contributed by atoms with Crippen molar-refractivity contribution in [2.45, 2.75) is 19.4 Å². The molecule has 0 bridgehead atoms. The fraction of sp³-hybridized carbons (Fsp3) is 0.800. The van der Waals surface area contributed by atoms with Crippen LogP contribution in [0.15, 0.2) is 0 Å². The summed E-state index contributed by atoms with van der Waals surface area (Å²) in [5.41, 5.74) is -0.561. The summed E-state index contributed by atoms with van der Waals surface area (Å²) in [6.07, 6.45) is 0. The summed E-state index contributed by atoms with van der Waals surface area (Å²) in [5, 5.41) is 10.5. The Labute approximate surface area is 117 Å². The van der Waals surface area contributed by atoms with E-state index in [-0.39, 0.29) is 12.1 Å². The molecule has 0 radical (unpaired) electrons. The summed E-state index contributed by atoms with van der Waals surface area (Å²) in [4.78, 5) is 22.7. The number of carbonyl (C=O) groups is 2. The molecule has 8 heteroatoms. The summed E-state index contributed by atoms with van der Waals surface area (Å²) in [7, 11) is 0. The molecule has 0 aliphatic carbocycles. The quantitative estimate of drug-likeness (QED) is 0.525. The average Bonchev–Trinajstić information content (AvgIpc) is 2.30.